The Kier molecular flexibility index (Phi) is 5.38. The van der Waals surface area contributed by atoms with Gasteiger partial charge in [0.15, 0.2) is 0 Å². The zero-order valence-corrected chi connectivity index (χ0v) is 11.1. The standard InChI is InChI=1S/C13H22N2O2/c1-13(2,3)17-8-7-16-12-6-5-11(9-14-4)10-15-12/h5-6,10,14H,7-9H2,1-4H3. The third kappa shape index (κ3) is 6.24. The largest absolute Gasteiger partial charge is 0.475 e. The summed E-state index contributed by atoms with van der Waals surface area (Å²) >= 11 is 0. The fourth-order valence-corrected chi connectivity index (χ4v) is 1.30. The van der Waals surface area contributed by atoms with E-state index in [0.717, 1.165) is 12.1 Å². The highest BCUT2D eigenvalue weighted by Crippen LogP contribution is 2.09. The van der Waals surface area contributed by atoms with Crippen LogP contribution >= 0.6 is 0 Å². The van der Waals surface area contributed by atoms with E-state index in [-0.39, 0.29) is 5.60 Å². The fraction of sp³-hybridized carbons (Fsp3) is 0.615. The number of nitrogens with one attached hydrogen (secondary N) is 1. The van der Waals surface area contributed by atoms with Crippen molar-refractivity contribution in [1.29, 1.82) is 0 Å². The molecular weight excluding hydrogens is 216 g/mol. The van der Waals surface area contributed by atoms with E-state index >= 15 is 0 Å². The van der Waals surface area contributed by atoms with Crippen LogP contribution in [0.4, 0.5) is 0 Å². The molecule has 1 aromatic rings. The molecule has 0 aliphatic rings. The number of hydrogen-bond acceptors (Lipinski definition) is 4. The lowest BCUT2D eigenvalue weighted by molar-refractivity contribution is -0.0168. The van der Waals surface area contributed by atoms with Crippen molar-refractivity contribution in [3.8, 4) is 5.88 Å². The van der Waals surface area contributed by atoms with E-state index in [1.54, 1.807) is 0 Å². The van der Waals surface area contributed by atoms with Crippen molar-refractivity contribution >= 4 is 0 Å². The molecule has 1 aromatic heterocycles. The molecular formula is C13H22N2O2. The highest BCUT2D eigenvalue weighted by molar-refractivity contribution is 5.17. The smallest absolute Gasteiger partial charge is 0.213 e. The SMILES string of the molecule is CNCc1ccc(OCCOC(C)(C)C)nc1. The minimum absolute atomic E-state index is 0.118. The molecule has 1 N–H and O–H groups in total. The first-order valence-electron chi connectivity index (χ1n) is 5.87. The van der Waals surface area contributed by atoms with E-state index in [4.69, 9.17) is 9.47 Å². The van der Waals surface area contributed by atoms with Gasteiger partial charge in [0, 0.05) is 18.8 Å². The Morgan fingerprint density at radius 1 is 1.24 bits per heavy atom. The van der Waals surface area contributed by atoms with E-state index < -0.39 is 0 Å². The van der Waals surface area contributed by atoms with Crippen molar-refractivity contribution in [2.75, 3.05) is 20.3 Å². The number of ether oxygens (including phenoxy) is 2. The Hall–Kier alpha value is -1.13. The van der Waals surface area contributed by atoms with Crippen LogP contribution in [0.1, 0.15) is 26.3 Å². The lowest BCUT2D eigenvalue weighted by Gasteiger charge is -2.19. The molecule has 1 heterocycles. The Labute approximate surface area is 103 Å². The first-order valence-corrected chi connectivity index (χ1v) is 5.87. The van der Waals surface area contributed by atoms with E-state index in [0.29, 0.717) is 19.1 Å². The Morgan fingerprint density at radius 2 is 2.00 bits per heavy atom. The average molecular weight is 238 g/mol. The molecule has 4 nitrogen and oxygen atoms in total. The summed E-state index contributed by atoms with van der Waals surface area (Å²) in [6.45, 7) is 7.99. The maximum atomic E-state index is 5.55. The zero-order chi connectivity index (χ0) is 12.7. The van der Waals surface area contributed by atoms with Crippen LogP contribution < -0.4 is 10.1 Å². The third-order valence-corrected chi connectivity index (χ3v) is 2.05. The van der Waals surface area contributed by atoms with Crippen LogP contribution in [0.15, 0.2) is 18.3 Å². The van der Waals surface area contributed by atoms with Gasteiger partial charge in [0.25, 0.3) is 0 Å². The van der Waals surface area contributed by atoms with Crippen molar-refractivity contribution in [1.82, 2.24) is 10.3 Å². The Morgan fingerprint density at radius 3 is 2.53 bits per heavy atom. The van der Waals surface area contributed by atoms with Gasteiger partial charge in [0.1, 0.15) is 6.61 Å². The topological polar surface area (TPSA) is 43.4 Å². The minimum atomic E-state index is -0.118. The molecule has 0 aliphatic carbocycles. The Bertz CT molecular complexity index is 317. The van der Waals surface area contributed by atoms with Crippen LogP contribution in [0.25, 0.3) is 0 Å². The minimum Gasteiger partial charge on any atom is -0.475 e. The van der Waals surface area contributed by atoms with Crippen LogP contribution in [0, 0.1) is 0 Å². The summed E-state index contributed by atoms with van der Waals surface area (Å²) in [5.74, 6) is 0.641. The molecule has 0 fully saturated rings. The fourth-order valence-electron chi connectivity index (χ4n) is 1.30. The van der Waals surface area contributed by atoms with Crippen LogP contribution in [-0.4, -0.2) is 30.8 Å². The second kappa shape index (κ2) is 6.57. The lowest BCUT2D eigenvalue weighted by Crippen LogP contribution is -2.22. The van der Waals surface area contributed by atoms with Gasteiger partial charge in [-0.1, -0.05) is 6.07 Å². The van der Waals surface area contributed by atoms with Crippen molar-refractivity contribution in [3.63, 3.8) is 0 Å². The van der Waals surface area contributed by atoms with Crippen LogP contribution in [-0.2, 0) is 11.3 Å². The molecule has 0 aromatic carbocycles. The predicted molar refractivity (Wildman–Crippen MR) is 68.2 cm³/mol. The molecule has 17 heavy (non-hydrogen) atoms. The van der Waals surface area contributed by atoms with Crippen molar-refractivity contribution in [2.45, 2.75) is 32.9 Å². The molecule has 0 atom stereocenters. The molecule has 0 saturated heterocycles. The molecule has 0 amide bonds. The number of pyridine rings is 1. The summed E-state index contributed by atoms with van der Waals surface area (Å²) in [6.07, 6.45) is 1.82. The molecule has 1 rings (SSSR count). The number of nitrogens with zero attached hydrogens (tertiary/aromatic N) is 1. The number of hydrogen-bond donors (Lipinski definition) is 1. The molecule has 0 unspecified atom stereocenters. The van der Waals surface area contributed by atoms with Crippen molar-refractivity contribution in [2.24, 2.45) is 0 Å². The Balaban J connectivity index is 2.27. The summed E-state index contributed by atoms with van der Waals surface area (Å²) in [4.78, 5) is 4.21. The molecule has 0 spiro atoms. The second-order valence-corrected chi connectivity index (χ2v) is 4.84. The van der Waals surface area contributed by atoms with Gasteiger partial charge in [-0.05, 0) is 33.4 Å². The van der Waals surface area contributed by atoms with Gasteiger partial charge in [-0.15, -0.1) is 0 Å². The van der Waals surface area contributed by atoms with E-state index in [1.807, 2.05) is 46.1 Å². The number of rotatable bonds is 6. The highest BCUT2D eigenvalue weighted by Gasteiger charge is 2.09. The van der Waals surface area contributed by atoms with Crippen LogP contribution in [0.3, 0.4) is 0 Å². The second-order valence-electron chi connectivity index (χ2n) is 4.84. The third-order valence-electron chi connectivity index (χ3n) is 2.05. The summed E-state index contributed by atoms with van der Waals surface area (Å²) in [5.41, 5.74) is 1.03. The van der Waals surface area contributed by atoms with Crippen molar-refractivity contribution < 1.29 is 9.47 Å². The summed E-state index contributed by atoms with van der Waals surface area (Å²) in [5, 5.41) is 3.07. The maximum Gasteiger partial charge on any atom is 0.213 e. The van der Waals surface area contributed by atoms with Gasteiger partial charge in [-0.25, -0.2) is 4.98 Å². The molecule has 0 saturated carbocycles. The van der Waals surface area contributed by atoms with E-state index in [1.165, 1.54) is 0 Å². The van der Waals surface area contributed by atoms with E-state index in [2.05, 4.69) is 10.3 Å². The molecule has 0 bridgehead atoms. The molecule has 0 radical (unpaired) electrons. The molecule has 0 aliphatic heterocycles. The first-order chi connectivity index (χ1) is 8.01. The number of aromatic nitrogens is 1. The maximum absolute atomic E-state index is 5.55. The van der Waals surface area contributed by atoms with Crippen LogP contribution in [0.2, 0.25) is 0 Å². The van der Waals surface area contributed by atoms with Gasteiger partial charge >= 0.3 is 0 Å². The van der Waals surface area contributed by atoms with E-state index in [9.17, 15) is 0 Å². The monoisotopic (exact) mass is 238 g/mol. The summed E-state index contributed by atoms with van der Waals surface area (Å²) in [7, 11) is 1.91. The van der Waals surface area contributed by atoms with Crippen molar-refractivity contribution in [3.05, 3.63) is 23.9 Å². The average Bonchev–Trinajstić information content (AvgIpc) is 2.26. The van der Waals surface area contributed by atoms with Gasteiger partial charge in [-0.3, -0.25) is 0 Å². The first kappa shape index (κ1) is 13.9. The quantitative estimate of drug-likeness (QED) is 0.770. The van der Waals surface area contributed by atoms with Gasteiger partial charge in [0.2, 0.25) is 5.88 Å². The zero-order valence-electron chi connectivity index (χ0n) is 11.1. The molecule has 96 valence electrons. The van der Waals surface area contributed by atoms with Crippen LogP contribution in [0.5, 0.6) is 5.88 Å². The highest BCUT2D eigenvalue weighted by atomic mass is 16.5. The predicted octanol–water partition coefficient (Wildman–Crippen LogP) is 1.99. The summed E-state index contributed by atoms with van der Waals surface area (Å²) < 4.78 is 11.0. The molecule has 4 heteroatoms. The summed E-state index contributed by atoms with van der Waals surface area (Å²) in [6, 6.07) is 3.88. The normalized spacial score (nSPS) is 11.5. The van der Waals surface area contributed by atoms with Gasteiger partial charge < -0.3 is 14.8 Å². The van der Waals surface area contributed by atoms with Gasteiger partial charge in [-0.2, -0.15) is 0 Å². The lowest BCUT2D eigenvalue weighted by atomic mass is 10.2. The van der Waals surface area contributed by atoms with Gasteiger partial charge in [0.05, 0.1) is 12.2 Å².